The Morgan fingerprint density at radius 3 is 2.57 bits per heavy atom. The summed E-state index contributed by atoms with van der Waals surface area (Å²) >= 11 is 0. The van der Waals surface area contributed by atoms with Gasteiger partial charge in [-0.3, -0.25) is 19.5 Å². The zero-order chi connectivity index (χ0) is 16.4. The fourth-order valence-electron chi connectivity index (χ4n) is 2.79. The molecule has 1 saturated heterocycles. The van der Waals surface area contributed by atoms with Crippen molar-refractivity contribution < 1.29 is 9.59 Å². The summed E-state index contributed by atoms with van der Waals surface area (Å²) in [5, 5.41) is 6.73. The van der Waals surface area contributed by atoms with Crippen molar-refractivity contribution in [2.75, 3.05) is 13.1 Å². The van der Waals surface area contributed by atoms with Gasteiger partial charge in [-0.2, -0.15) is 5.10 Å². The number of piperidine rings is 1. The van der Waals surface area contributed by atoms with Crippen LogP contribution in [0.1, 0.15) is 45.3 Å². The lowest BCUT2D eigenvalue weighted by atomic mass is 9.93. The molecule has 0 radical (unpaired) electrons. The van der Waals surface area contributed by atoms with Crippen LogP contribution in [0.3, 0.4) is 0 Å². The fraction of sp³-hybridized carbons (Fsp3) is 0.333. The van der Waals surface area contributed by atoms with Crippen LogP contribution in [0.4, 0.5) is 0 Å². The molecule has 3 rings (SSSR count). The van der Waals surface area contributed by atoms with Gasteiger partial charge in [0.15, 0.2) is 0 Å². The minimum atomic E-state index is -0.557. The molecule has 2 aromatic rings. The average molecular weight is 315 g/mol. The molecule has 0 spiro atoms. The molecule has 0 aromatic carbocycles. The molecule has 8 heteroatoms. The molecule has 23 heavy (non-hydrogen) atoms. The topological polar surface area (TPSA) is 125 Å². The molecule has 1 fully saturated rings. The van der Waals surface area contributed by atoms with Crippen LogP contribution in [-0.4, -0.2) is 45.0 Å². The van der Waals surface area contributed by atoms with E-state index in [0.29, 0.717) is 18.7 Å². The molecule has 1 aliphatic rings. The lowest BCUT2D eigenvalue weighted by Gasteiger charge is -2.31. The smallest absolute Gasteiger partial charge is 0.269 e. The summed E-state index contributed by atoms with van der Waals surface area (Å²) in [5.74, 6) is -0.435. The molecule has 1 aliphatic heterocycles. The van der Waals surface area contributed by atoms with Crippen molar-refractivity contribution >= 4 is 11.8 Å². The number of nitrogens with one attached hydrogen (secondary N) is 2. The van der Waals surface area contributed by atoms with E-state index in [4.69, 9.17) is 5.73 Å². The van der Waals surface area contributed by atoms with Crippen LogP contribution in [0.2, 0.25) is 0 Å². The quantitative estimate of drug-likeness (QED) is 0.749. The Morgan fingerprint density at radius 2 is 2.00 bits per heavy atom. The van der Waals surface area contributed by atoms with E-state index < -0.39 is 5.91 Å². The van der Waals surface area contributed by atoms with Crippen LogP contribution in [-0.2, 0) is 0 Å². The third kappa shape index (κ3) is 3.15. The second kappa shape index (κ2) is 6.07. The first kappa shape index (κ1) is 15.0. The highest BCUT2D eigenvalue weighted by molar-refractivity contribution is 5.94. The molecule has 120 valence electrons. The van der Waals surface area contributed by atoms with Crippen LogP contribution in [0.25, 0.3) is 0 Å². The zero-order valence-corrected chi connectivity index (χ0v) is 12.4. The number of carbonyl (C=O) groups is 2. The minimum absolute atomic E-state index is 0.0952. The molecule has 2 aromatic heterocycles. The Balaban J connectivity index is 1.63. The number of nitrogens with two attached hydrogens (primary N) is 1. The van der Waals surface area contributed by atoms with E-state index in [0.717, 1.165) is 18.5 Å². The molecule has 3 heterocycles. The number of aromatic amines is 2. The normalized spacial score (nSPS) is 15.6. The molecular weight excluding hydrogens is 298 g/mol. The van der Waals surface area contributed by atoms with Gasteiger partial charge in [0.1, 0.15) is 5.69 Å². The van der Waals surface area contributed by atoms with Gasteiger partial charge >= 0.3 is 0 Å². The molecule has 0 saturated carbocycles. The van der Waals surface area contributed by atoms with E-state index in [1.54, 1.807) is 11.0 Å². The molecule has 0 bridgehead atoms. The highest BCUT2D eigenvalue weighted by Crippen LogP contribution is 2.27. The van der Waals surface area contributed by atoms with Crippen molar-refractivity contribution in [1.29, 1.82) is 0 Å². The van der Waals surface area contributed by atoms with Gasteiger partial charge in [-0.05, 0) is 25.0 Å². The molecule has 0 unspecified atom stereocenters. The number of carbonyl (C=O) groups excluding carboxylic acids is 2. The third-order valence-electron chi connectivity index (χ3n) is 4.10. The number of hydrogen-bond donors (Lipinski definition) is 3. The maximum atomic E-state index is 12.4. The van der Waals surface area contributed by atoms with Crippen molar-refractivity contribution in [3.8, 4) is 0 Å². The summed E-state index contributed by atoms with van der Waals surface area (Å²) in [6, 6.07) is 4.55. The fourth-order valence-corrected chi connectivity index (χ4v) is 2.79. The molecule has 8 nitrogen and oxygen atoms in total. The standard InChI is InChI=1S/C15H17N5O3/c16-14(22)12-7-11(18-19-12)9-3-5-20(6-4-9)15(23)10-1-2-13(21)17-8-10/h1-2,7-9H,3-6H2,(H2,16,22)(H,17,21)(H,18,19). The molecular formula is C15H17N5O3. The van der Waals surface area contributed by atoms with Crippen molar-refractivity contribution in [3.63, 3.8) is 0 Å². The van der Waals surface area contributed by atoms with Crippen LogP contribution >= 0.6 is 0 Å². The number of H-pyrrole nitrogens is 2. The van der Waals surface area contributed by atoms with Gasteiger partial charge in [-0.25, -0.2) is 0 Å². The summed E-state index contributed by atoms with van der Waals surface area (Å²) < 4.78 is 0. The molecule has 0 aliphatic carbocycles. The Bertz CT molecular complexity index is 766. The minimum Gasteiger partial charge on any atom is -0.364 e. The first-order chi connectivity index (χ1) is 11.0. The van der Waals surface area contributed by atoms with Crippen molar-refractivity contribution in [2.24, 2.45) is 5.73 Å². The Hall–Kier alpha value is -2.90. The maximum Gasteiger partial charge on any atom is 0.269 e. The second-order valence-electron chi connectivity index (χ2n) is 5.58. The average Bonchev–Trinajstić information content (AvgIpc) is 3.05. The van der Waals surface area contributed by atoms with E-state index in [9.17, 15) is 14.4 Å². The van der Waals surface area contributed by atoms with Crippen LogP contribution in [0.15, 0.2) is 29.2 Å². The summed E-state index contributed by atoms with van der Waals surface area (Å²) in [7, 11) is 0. The number of primary amides is 1. The lowest BCUT2D eigenvalue weighted by molar-refractivity contribution is 0.0711. The third-order valence-corrected chi connectivity index (χ3v) is 4.10. The highest BCUT2D eigenvalue weighted by atomic mass is 16.2. The first-order valence-corrected chi connectivity index (χ1v) is 7.37. The van der Waals surface area contributed by atoms with E-state index in [2.05, 4.69) is 15.2 Å². The van der Waals surface area contributed by atoms with Crippen LogP contribution < -0.4 is 11.3 Å². The molecule has 4 N–H and O–H groups in total. The predicted molar refractivity (Wildman–Crippen MR) is 82.0 cm³/mol. The summed E-state index contributed by atoms with van der Waals surface area (Å²) in [5.41, 5.74) is 6.53. The first-order valence-electron chi connectivity index (χ1n) is 7.37. The zero-order valence-electron chi connectivity index (χ0n) is 12.4. The SMILES string of the molecule is NC(=O)c1cc(C2CCN(C(=O)c3ccc(=O)[nH]c3)CC2)[nH]n1. The Morgan fingerprint density at radius 1 is 1.26 bits per heavy atom. The van der Waals surface area contributed by atoms with Gasteiger partial charge in [0, 0.05) is 37.0 Å². The Labute approximate surface area is 131 Å². The van der Waals surface area contributed by atoms with E-state index in [1.165, 1.54) is 18.3 Å². The number of nitrogens with zero attached hydrogens (tertiary/aromatic N) is 2. The summed E-state index contributed by atoms with van der Waals surface area (Å²) in [6.45, 7) is 1.21. The molecule has 2 amide bonds. The van der Waals surface area contributed by atoms with Gasteiger partial charge in [0.05, 0.1) is 5.56 Å². The van der Waals surface area contributed by atoms with Gasteiger partial charge in [-0.1, -0.05) is 0 Å². The number of rotatable bonds is 3. The Kier molecular flexibility index (Phi) is 3.96. The van der Waals surface area contributed by atoms with Gasteiger partial charge in [0.25, 0.3) is 11.8 Å². The van der Waals surface area contributed by atoms with E-state index >= 15 is 0 Å². The lowest BCUT2D eigenvalue weighted by Crippen LogP contribution is -2.38. The number of amides is 2. The second-order valence-corrected chi connectivity index (χ2v) is 5.58. The van der Waals surface area contributed by atoms with E-state index in [1.807, 2.05) is 0 Å². The van der Waals surface area contributed by atoms with Crippen LogP contribution in [0.5, 0.6) is 0 Å². The number of pyridine rings is 1. The molecule has 0 atom stereocenters. The summed E-state index contributed by atoms with van der Waals surface area (Å²) in [6.07, 6.45) is 2.98. The number of likely N-dealkylation sites (tertiary alicyclic amines) is 1. The number of hydrogen-bond acceptors (Lipinski definition) is 4. The largest absolute Gasteiger partial charge is 0.364 e. The predicted octanol–water partition coefficient (Wildman–Crippen LogP) is 0.217. The highest BCUT2D eigenvalue weighted by Gasteiger charge is 2.26. The number of aromatic nitrogens is 3. The van der Waals surface area contributed by atoms with Crippen molar-refractivity contribution in [3.05, 3.63) is 51.7 Å². The maximum absolute atomic E-state index is 12.4. The summed E-state index contributed by atoms with van der Waals surface area (Å²) in [4.78, 5) is 38.8. The van der Waals surface area contributed by atoms with E-state index in [-0.39, 0.29) is 23.1 Å². The van der Waals surface area contributed by atoms with Crippen molar-refractivity contribution in [1.82, 2.24) is 20.1 Å². The monoisotopic (exact) mass is 315 g/mol. The van der Waals surface area contributed by atoms with Gasteiger partial charge in [0.2, 0.25) is 5.56 Å². The van der Waals surface area contributed by atoms with Crippen LogP contribution in [0, 0.1) is 0 Å². The van der Waals surface area contributed by atoms with Gasteiger partial charge in [-0.15, -0.1) is 0 Å². The van der Waals surface area contributed by atoms with Gasteiger partial charge < -0.3 is 15.6 Å². The van der Waals surface area contributed by atoms with Crippen molar-refractivity contribution in [2.45, 2.75) is 18.8 Å².